The lowest BCUT2D eigenvalue weighted by atomic mass is 10.1. The largest absolute Gasteiger partial charge is 0.369 e. The van der Waals surface area contributed by atoms with E-state index in [0.29, 0.717) is 16.8 Å². The van der Waals surface area contributed by atoms with Crippen LogP contribution in [0.25, 0.3) is 0 Å². The summed E-state index contributed by atoms with van der Waals surface area (Å²) >= 11 is 6.06. The molecule has 2 N–H and O–H groups in total. The standard InChI is InChI=1S/C13H23ClN4/c1-4-7-16-13-17-9-11(14)12(18-13)15-8-5-6-10(2)3/h9-10H,4-8H2,1-3H3,(H2,15,16,17,18). The number of hydrogen-bond donors (Lipinski definition) is 2. The monoisotopic (exact) mass is 270 g/mol. The molecule has 0 bridgehead atoms. The fourth-order valence-corrected chi connectivity index (χ4v) is 1.69. The van der Waals surface area contributed by atoms with E-state index in [1.165, 1.54) is 6.42 Å². The zero-order chi connectivity index (χ0) is 13.4. The van der Waals surface area contributed by atoms with Gasteiger partial charge < -0.3 is 10.6 Å². The molecule has 0 atom stereocenters. The molecule has 0 spiro atoms. The maximum Gasteiger partial charge on any atom is 0.224 e. The molecule has 0 aliphatic carbocycles. The first-order valence-corrected chi connectivity index (χ1v) is 7.01. The Morgan fingerprint density at radius 3 is 2.72 bits per heavy atom. The molecule has 1 aromatic rings. The van der Waals surface area contributed by atoms with Crippen LogP contribution in [0.1, 0.15) is 40.0 Å². The van der Waals surface area contributed by atoms with Gasteiger partial charge in [0.2, 0.25) is 5.95 Å². The molecule has 0 aromatic carbocycles. The zero-order valence-electron chi connectivity index (χ0n) is 11.5. The lowest BCUT2D eigenvalue weighted by Gasteiger charge is -2.10. The van der Waals surface area contributed by atoms with E-state index >= 15 is 0 Å². The van der Waals surface area contributed by atoms with Crippen LogP contribution in [-0.2, 0) is 0 Å². The lowest BCUT2D eigenvalue weighted by molar-refractivity contribution is 0.566. The van der Waals surface area contributed by atoms with Crippen molar-refractivity contribution < 1.29 is 0 Å². The molecule has 1 rings (SSSR count). The summed E-state index contributed by atoms with van der Waals surface area (Å²) in [7, 11) is 0. The molecule has 102 valence electrons. The average Bonchev–Trinajstić information content (AvgIpc) is 2.34. The van der Waals surface area contributed by atoms with Crippen molar-refractivity contribution in [2.75, 3.05) is 23.7 Å². The number of halogens is 1. The molecule has 0 unspecified atom stereocenters. The summed E-state index contributed by atoms with van der Waals surface area (Å²) in [5, 5.41) is 6.98. The van der Waals surface area contributed by atoms with E-state index < -0.39 is 0 Å². The molecular formula is C13H23ClN4. The van der Waals surface area contributed by atoms with Crippen molar-refractivity contribution >= 4 is 23.4 Å². The molecule has 1 heterocycles. The number of aromatic nitrogens is 2. The summed E-state index contributed by atoms with van der Waals surface area (Å²) in [4.78, 5) is 8.50. The predicted molar refractivity (Wildman–Crippen MR) is 78.4 cm³/mol. The maximum atomic E-state index is 6.06. The predicted octanol–water partition coefficient (Wildman–Crippen LogP) is 3.80. The third kappa shape index (κ3) is 5.54. The van der Waals surface area contributed by atoms with Crippen LogP contribution in [0.3, 0.4) is 0 Å². The number of nitrogens with zero attached hydrogens (tertiary/aromatic N) is 2. The van der Waals surface area contributed by atoms with Crippen LogP contribution in [0.15, 0.2) is 6.20 Å². The first-order chi connectivity index (χ1) is 8.63. The van der Waals surface area contributed by atoms with Crippen molar-refractivity contribution in [1.29, 1.82) is 0 Å². The minimum atomic E-state index is 0.571. The Labute approximate surface area is 115 Å². The quantitative estimate of drug-likeness (QED) is 0.706. The van der Waals surface area contributed by atoms with Crippen LogP contribution < -0.4 is 10.6 Å². The second-order valence-electron chi connectivity index (χ2n) is 4.78. The van der Waals surface area contributed by atoms with Crippen LogP contribution in [0.4, 0.5) is 11.8 Å². The van der Waals surface area contributed by atoms with Crippen molar-refractivity contribution in [1.82, 2.24) is 9.97 Å². The van der Waals surface area contributed by atoms with Gasteiger partial charge in [-0.2, -0.15) is 4.98 Å². The van der Waals surface area contributed by atoms with Gasteiger partial charge >= 0.3 is 0 Å². The van der Waals surface area contributed by atoms with Crippen molar-refractivity contribution in [3.05, 3.63) is 11.2 Å². The Morgan fingerprint density at radius 2 is 2.06 bits per heavy atom. The van der Waals surface area contributed by atoms with E-state index in [1.54, 1.807) is 6.20 Å². The zero-order valence-corrected chi connectivity index (χ0v) is 12.2. The highest BCUT2D eigenvalue weighted by Crippen LogP contribution is 2.19. The fraction of sp³-hybridized carbons (Fsp3) is 0.692. The smallest absolute Gasteiger partial charge is 0.224 e. The molecule has 1 aromatic heterocycles. The minimum absolute atomic E-state index is 0.571. The van der Waals surface area contributed by atoms with E-state index in [-0.39, 0.29) is 0 Å². The third-order valence-electron chi connectivity index (χ3n) is 2.53. The van der Waals surface area contributed by atoms with Gasteiger partial charge in [0.1, 0.15) is 10.8 Å². The van der Waals surface area contributed by atoms with Crippen LogP contribution in [0.5, 0.6) is 0 Å². The van der Waals surface area contributed by atoms with Gasteiger partial charge in [0.15, 0.2) is 0 Å². The number of hydrogen-bond acceptors (Lipinski definition) is 4. The molecule has 0 radical (unpaired) electrons. The van der Waals surface area contributed by atoms with Crippen molar-refractivity contribution in [3.63, 3.8) is 0 Å². The summed E-state index contributed by atoms with van der Waals surface area (Å²) in [5.41, 5.74) is 0. The number of rotatable bonds is 8. The molecule has 4 nitrogen and oxygen atoms in total. The van der Waals surface area contributed by atoms with E-state index in [4.69, 9.17) is 11.6 Å². The first-order valence-electron chi connectivity index (χ1n) is 6.63. The van der Waals surface area contributed by atoms with Crippen LogP contribution >= 0.6 is 11.6 Å². The summed E-state index contributed by atoms with van der Waals surface area (Å²) in [6.45, 7) is 8.32. The summed E-state index contributed by atoms with van der Waals surface area (Å²) < 4.78 is 0. The van der Waals surface area contributed by atoms with Crippen LogP contribution in [0.2, 0.25) is 5.02 Å². The Morgan fingerprint density at radius 1 is 1.28 bits per heavy atom. The van der Waals surface area contributed by atoms with E-state index in [0.717, 1.165) is 31.8 Å². The molecule has 5 heteroatoms. The Bertz CT molecular complexity index is 355. The van der Waals surface area contributed by atoms with E-state index in [9.17, 15) is 0 Å². The van der Waals surface area contributed by atoms with Crippen LogP contribution in [0, 0.1) is 5.92 Å². The van der Waals surface area contributed by atoms with Crippen molar-refractivity contribution in [2.45, 2.75) is 40.0 Å². The SMILES string of the molecule is CCCNc1ncc(Cl)c(NCCCC(C)C)n1. The first kappa shape index (κ1) is 15.0. The van der Waals surface area contributed by atoms with Crippen molar-refractivity contribution in [3.8, 4) is 0 Å². The highest BCUT2D eigenvalue weighted by atomic mass is 35.5. The molecular weight excluding hydrogens is 248 g/mol. The topological polar surface area (TPSA) is 49.8 Å². The van der Waals surface area contributed by atoms with Gasteiger partial charge in [-0.05, 0) is 25.2 Å². The second-order valence-corrected chi connectivity index (χ2v) is 5.19. The molecule has 18 heavy (non-hydrogen) atoms. The van der Waals surface area contributed by atoms with E-state index in [2.05, 4.69) is 41.4 Å². The third-order valence-corrected chi connectivity index (χ3v) is 2.80. The Balaban J connectivity index is 2.47. The van der Waals surface area contributed by atoms with Gasteiger partial charge in [-0.1, -0.05) is 32.4 Å². The average molecular weight is 271 g/mol. The highest BCUT2D eigenvalue weighted by Gasteiger charge is 2.04. The minimum Gasteiger partial charge on any atom is -0.369 e. The van der Waals surface area contributed by atoms with Gasteiger partial charge in [-0.3, -0.25) is 0 Å². The van der Waals surface area contributed by atoms with Gasteiger partial charge in [0.25, 0.3) is 0 Å². The van der Waals surface area contributed by atoms with Gasteiger partial charge in [0.05, 0.1) is 6.20 Å². The molecule has 0 saturated heterocycles. The number of nitrogens with one attached hydrogen (secondary N) is 2. The second kappa shape index (κ2) is 8.14. The normalized spacial score (nSPS) is 10.7. The maximum absolute atomic E-state index is 6.06. The van der Waals surface area contributed by atoms with E-state index in [1.807, 2.05) is 0 Å². The van der Waals surface area contributed by atoms with Gasteiger partial charge in [-0.15, -0.1) is 0 Å². The molecule has 0 aliphatic heterocycles. The van der Waals surface area contributed by atoms with Gasteiger partial charge in [-0.25, -0.2) is 4.98 Å². The summed E-state index contributed by atoms with van der Waals surface area (Å²) in [5.74, 6) is 2.08. The highest BCUT2D eigenvalue weighted by molar-refractivity contribution is 6.32. The molecule has 0 amide bonds. The number of anilines is 2. The Hall–Kier alpha value is -1.03. The lowest BCUT2D eigenvalue weighted by Crippen LogP contribution is -2.09. The molecule has 0 fully saturated rings. The van der Waals surface area contributed by atoms with Gasteiger partial charge in [0, 0.05) is 13.1 Å². The fourth-order valence-electron chi connectivity index (χ4n) is 1.53. The summed E-state index contributed by atoms with van der Waals surface area (Å²) in [6.07, 6.45) is 5.01. The summed E-state index contributed by atoms with van der Waals surface area (Å²) in [6, 6.07) is 0. The molecule has 0 saturated carbocycles. The molecule has 0 aliphatic rings. The van der Waals surface area contributed by atoms with Crippen molar-refractivity contribution in [2.24, 2.45) is 5.92 Å². The Kier molecular flexibility index (Phi) is 6.80. The van der Waals surface area contributed by atoms with Crippen LogP contribution in [-0.4, -0.2) is 23.1 Å².